The van der Waals surface area contributed by atoms with Gasteiger partial charge in [-0.1, -0.05) is 0 Å². The van der Waals surface area contributed by atoms with Gasteiger partial charge in [0, 0.05) is 18.9 Å². The molecule has 0 aliphatic carbocycles. The van der Waals surface area contributed by atoms with Crippen LogP contribution in [-0.2, 0) is 4.79 Å². The largest absolute Gasteiger partial charge is 0.337 e. The number of rotatable bonds is 0. The number of nitrogens with zero attached hydrogens (tertiary/aromatic N) is 1. The fourth-order valence-electron chi connectivity index (χ4n) is 1.87. The second kappa shape index (κ2) is 1.94. The van der Waals surface area contributed by atoms with Crippen molar-refractivity contribution in [2.24, 2.45) is 0 Å². The molecule has 0 aromatic carbocycles. The van der Waals surface area contributed by atoms with Gasteiger partial charge in [0.2, 0.25) is 5.91 Å². The van der Waals surface area contributed by atoms with Crippen LogP contribution >= 0.6 is 0 Å². The van der Waals surface area contributed by atoms with Crippen LogP contribution in [0.25, 0.3) is 0 Å². The lowest BCUT2D eigenvalue weighted by atomic mass is 10.1. The molecular formula is C7H10FNO. The molecule has 0 spiro atoms. The van der Waals surface area contributed by atoms with E-state index in [2.05, 4.69) is 0 Å². The lowest BCUT2D eigenvalue weighted by Crippen LogP contribution is -2.27. The number of alkyl halides is 1. The Kier molecular flexibility index (Phi) is 1.19. The second-order valence-corrected chi connectivity index (χ2v) is 3.07. The van der Waals surface area contributed by atoms with Gasteiger partial charge in [0.1, 0.15) is 6.17 Å². The Morgan fingerprint density at radius 3 is 3.10 bits per heavy atom. The summed E-state index contributed by atoms with van der Waals surface area (Å²) in [5, 5.41) is 0. The molecule has 2 heterocycles. The zero-order chi connectivity index (χ0) is 7.14. The molecule has 1 amide bonds. The van der Waals surface area contributed by atoms with Crippen molar-refractivity contribution in [3.8, 4) is 0 Å². The maximum absolute atomic E-state index is 12.6. The van der Waals surface area contributed by atoms with Crippen molar-refractivity contribution in [1.82, 2.24) is 4.90 Å². The normalized spacial score (nSPS) is 38.9. The van der Waals surface area contributed by atoms with Crippen molar-refractivity contribution in [3.05, 3.63) is 0 Å². The molecule has 2 aliphatic heterocycles. The number of fused-ring (bicyclic) bond motifs is 1. The van der Waals surface area contributed by atoms with Gasteiger partial charge in [-0.3, -0.25) is 4.79 Å². The van der Waals surface area contributed by atoms with E-state index in [1.807, 2.05) is 0 Å². The highest BCUT2D eigenvalue weighted by Crippen LogP contribution is 2.29. The van der Waals surface area contributed by atoms with E-state index in [-0.39, 0.29) is 11.9 Å². The maximum atomic E-state index is 12.6. The number of amides is 1. The first kappa shape index (κ1) is 6.13. The SMILES string of the molecule is O=C1CCC2CC(F)CN12. The molecule has 0 aromatic heterocycles. The van der Waals surface area contributed by atoms with Crippen LogP contribution in [0.3, 0.4) is 0 Å². The summed E-state index contributed by atoms with van der Waals surface area (Å²) in [6.07, 6.45) is 1.33. The Bertz CT molecular complexity index is 171. The molecule has 2 nitrogen and oxygen atoms in total. The minimum atomic E-state index is -0.755. The van der Waals surface area contributed by atoms with Crippen LogP contribution in [0.15, 0.2) is 0 Å². The summed E-state index contributed by atoms with van der Waals surface area (Å²) < 4.78 is 12.6. The standard InChI is InChI=1S/C7H10FNO/c8-5-3-6-1-2-7(10)9(6)4-5/h5-6H,1-4H2. The Hall–Kier alpha value is -0.600. The molecule has 2 unspecified atom stereocenters. The molecule has 0 radical (unpaired) electrons. The summed E-state index contributed by atoms with van der Waals surface area (Å²) in [6, 6.07) is 0.238. The average Bonchev–Trinajstić information content (AvgIpc) is 2.35. The Morgan fingerprint density at radius 1 is 1.60 bits per heavy atom. The van der Waals surface area contributed by atoms with E-state index in [9.17, 15) is 9.18 Å². The minimum Gasteiger partial charge on any atom is -0.337 e. The van der Waals surface area contributed by atoms with Gasteiger partial charge < -0.3 is 4.90 Å². The van der Waals surface area contributed by atoms with Gasteiger partial charge in [-0.25, -0.2) is 4.39 Å². The fourth-order valence-corrected chi connectivity index (χ4v) is 1.87. The Labute approximate surface area is 59.0 Å². The highest BCUT2D eigenvalue weighted by molar-refractivity contribution is 5.79. The van der Waals surface area contributed by atoms with Gasteiger partial charge in [0.25, 0.3) is 0 Å². The van der Waals surface area contributed by atoms with Crippen molar-refractivity contribution in [2.45, 2.75) is 31.5 Å². The van der Waals surface area contributed by atoms with Gasteiger partial charge in [-0.15, -0.1) is 0 Å². The van der Waals surface area contributed by atoms with E-state index < -0.39 is 6.17 Å². The van der Waals surface area contributed by atoms with E-state index in [1.54, 1.807) is 4.90 Å². The smallest absolute Gasteiger partial charge is 0.222 e. The summed E-state index contributed by atoms with van der Waals surface area (Å²) in [7, 11) is 0. The molecule has 2 fully saturated rings. The van der Waals surface area contributed by atoms with Gasteiger partial charge in [-0.05, 0) is 6.42 Å². The lowest BCUT2D eigenvalue weighted by Gasteiger charge is -2.12. The molecule has 3 heteroatoms. The lowest BCUT2D eigenvalue weighted by molar-refractivity contribution is -0.128. The topological polar surface area (TPSA) is 20.3 Å². The maximum Gasteiger partial charge on any atom is 0.222 e. The van der Waals surface area contributed by atoms with E-state index in [1.165, 1.54) is 0 Å². The Balaban J connectivity index is 2.12. The second-order valence-electron chi connectivity index (χ2n) is 3.07. The number of hydrogen-bond donors (Lipinski definition) is 0. The molecule has 56 valence electrons. The van der Waals surface area contributed by atoms with Crippen molar-refractivity contribution in [3.63, 3.8) is 0 Å². The highest BCUT2D eigenvalue weighted by atomic mass is 19.1. The molecule has 2 atom stereocenters. The van der Waals surface area contributed by atoms with Crippen LogP contribution in [0.5, 0.6) is 0 Å². The Morgan fingerprint density at radius 2 is 2.40 bits per heavy atom. The average molecular weight is 143 g/mol. The first-order chi connectivity index (χ1) is 4.77. The highest BCUT2D eigenvalue weighted by Gasteiger charge is 2.39. The third-order valence-electron chi connectivity index (χ3n) is 2.38. The van der Waals surface area contributed by atoms with Crippen LogP contribution < -0.4 is 0 Å². The molecule has 10 heavy (non-hydrogen) atoms. The van der Waals surface area contributed by atoms with Crippen molar-refractivity contribution in [1.29, 1.82) is 0 Å². The van der Waals surface area contributed by atoms with Crippen LogP contribution in [0.4, 0.5) is 4.39 Å². The quantitative estimate of drug-likeness (QED) is 0.489. The van der Waals surface area contributed by atoms with E-state index >= 15 is 0 Å². The van der Waals surface area contributed by atoms with Gasteiger partial charge >= 0.3 is 0 Å². The zero-order valence-electron chi connectivity index (χ0n) is 5.72. The van der Waals surface area contributed by atoms with E-state index in [0.717, 1.165) is 6.42 Å². The van der Waals surface area contributed by atoms with Crippen molar-refractivity contribution in [2.75, 3.05) is 6.54 Å². The number of carbonyl (C=O) groups is 1. The third kappa shape index (κ3) is 0.728. The van der Waals surface area contributed by atoms with Crippen LogP contribution in [0.1, 0.15) is 19.3 Å². The molecule has 0 N–H and O–H groups in total. The fraction of sp³-hybridized carbons (Fsp3) is 0.857. The van der Waals surface area contributed by atoms with Crippen LogP contribution in [0, 0.1) is 0 Å². The van der Waals surface area contributed by atoms with E-state index in [0.29, 0.717) is 19.4 Å². The van der Waals surface area contributed by atoms with Crippen LogP contribution in [0.2, 0.25) is 0 Å². The molecule has 2 saturated heterocycles. The van der Waals surface area contributed by atoms with Gasteiger partial charge in [-0.2, -0.15) is 0 Å². The summed E-state index contributed by atoms with van der Waals surface area (Å²) in [5.74, 6) is 0.144. The summed E-state index contributed by atoms with van der Waals surface area (Å²) in [6.45, 7) is 0.351. The monoisotopic (exact) mass is 143 g/mol. The third-order valence-corrected chi connectivity index (χ3v) is 2.38. The molecule has 0 bridgehead atoms. The molecule has 0 aromatic rings. The van der Waals surface area contributed by atoms with Gasteiger partial charge in [0.15, 0.2) is 0 Å². The number of hydrogen-bond acceptors (Lipinski definition) is 1. The first-order valence-electron chi connectivity index (χ1n) is 3.71. The number of carbonyl (C=O) groups excluding carboxylic acids is 1. The minimum absolute atomic E-state index is 0.144. The summed E-state index contributed by atoms with van der Waals surface area (Å²) in [5.41, 5.74) is 0. The van der Waals surface area contributed by atoms with Crippen LogP contribution in [-0.4, -0.2) is 29.6 Å². The number of halogens is 1. The van der Waals surface area contributed by atoms with Gasteiger partial charge in [0.05, 0.1) is 6.54 Å². The predicted molar refractivity (Wildman–Crippen MR) is 34.2 cm³/mol. The van der Waals surface area contributed by atoms with Crippen molar-refractivity contribution < 1.29 is 9.18 Å². The molecule has 0 saturated carbocycles. The van der Waals surface area contributed by atoms with E-state index in [4.69, 9.17) is 0 Å². The summed E-state index contributed by atoms with van der Waals surface area (Å²) >= 11 is 0. The predicted octanol–water partition coefficient (Wildman–Crippen LogP) is 0.719. The molecule has 2 aliphatic rings. The molecular weight excluding hydrogens is 133 g/mol. The first-order valence-corrected chi connectivity index (χ1v) is 3.71. The molecule has 2 rings (SSSR count). The zero-order valence-corrected chi connectivity index (χ0v) is 5.72. The summed E-state index contributed by atoms with van der Waals surface area (Å²) in [4.78, 5) is 12.6. The van der Waals surface area contributed by atoms with Crippen molar-refractivity contribution >= 4 is 5.91 Å².